The zero-order valence-corrected chi connectivity index (χ0v) is 19.2. The minimum Gasteiger partial charge on any atom is -0.497 e. The van der Waals surface area contributed by atoms with E-state index in [1.54, 1.807) is 13.3 Å². The predicted molar refractivity (Wildman–Crippen MR) is 126 cm³/mol. The van der Waals surface area contributed by atoms with Crippen LogP contribution in [0.4, 0.5) is 0 Å². The largest absolute Gasteiger partial charge is 0.497 e. The fourth-order valence-corrected chi connectivity index (χ4v) is 4.45. The number of halogens is 1. The highest BCUT2D eigenvalue weighted by molar-refractivity contribution is 6.33. The van der Waals surface area contributed by atoms with Crippen molar-refractivity contribution in [3.8, 4) is 17.1 Å². The van der Waals surface area contributed by atoms with Gasteiger partial charge in [-0.3, -0.25) is 4.79 Å². The highest BCUT2D eigenvalue weighted by Crippen LogP contribution is 2.28. The van der Waals surface area contributed by atoms with Crippen LogP contribution in [0.25, 0.3) is 11.3 Å². The number of methoxy groups -OCH3 is 1. The molecule has 2 heterocycles. The Kier molecular flexibility index (Phi) is 7.48. The summed E-state index contributed by atoms with van der Waals surface area (Å²) in [4.78, 5) is 19.0. The Balaban J connectivity index is 1.20. The number of piperidine rings is 1. The number of amides is 1. The second-order valence-corrected chi connectivity index (χ2v) is 8.72. The van der Waals surface area contributed by atoms with E-state index in [0.717, 1.165) is 50.1 Å². The Labute approximate surface area is 194 Å². The highest BCUT2D eigenvalue weighted by atomic mass is 35.5. The van der Waals surface area contributed by atoms with Crippen LogP contribution < -0.4 is 4.74 Å². The maximum Gasteiger partial charge on any atom is 0.223 e. The first kappa shape index (κ1) is 22.4. The summed E-state index contributed by atoms with van der Waals surface area (Å²) < 4.78 is 11.0. The summed E-state index contributed by atoms with van der Waals surface area (Å²) in [7, 11) is 1.69. The third kappa shape index (κ3) is 5.71. The molecule has 2 aromatic carbocycles. The molecule has 1 aliphatic heterocycles. The Morgan fingerprint density at radius 2 is 1.88 bits per heavy atom. The number of hydrogen-bond acceptors (Lipinski definition) is 4. The first-order valence-corrected chi connectivity index (χ1v) is 11.6. The van der Waals surface area contributed by atoms with Gasteiger partial charge >= 0.3 is 0 Å². The minimum absolute atomic E-state index is 0.177. The van der Waals surface area contributed by atoms with Crippen molar-refractivity contribution in [2.24, 2.45) is 5.92 Å². The minimum atomic E-state index is 0.177. The number of nitrogens with zero attached hydrogens (tertiary/aromatic N) is 2. The molecule has 1 aliphatic rings. The van der Waals surface area contributed by atoms with Crippen LogP contribution in [-0.2, 0) is 17.6 Å². The molecule has 0 unspecified atom stereocenters. The SMILES string of the molecule is COc1ccc(CCC2CCN(C(=O)CCc3ncc(-c4ccccc4Cl)o3)CC2)cc1. The zero-order valence-electron chi connectivity index (χ0n) is 18.4. The second-order valence-electron chi connectivity index (χ2n) is 8.31. The van der Waals surface area contributed by atoms with E-state index in [1.165, 1.54) is 5.56 Å². The Morgan fingerprint density at radius 3 is 2.59 bits per heavy atom. The molecule has 0 aliphatic carbocycles. The van der Waals surface area contributed by atoms with Crippen molar-refractivity contribution in [1.29, 1.82) is 0 Å². The standard InChI is InChI=1S/C26H29ClN2O3/c1-31-21-10-8-19(9-11-21)6-7-20-14-16-29(17-15-20)26(30)13-12-25-28-18-24(32-25)22-4-2-3-5-23(22)27/h2-5,8-11,18,20H,6-7,12-17H2,1H3. The topological polar surface area (TPSA) is 55.6 Å². The molecule has 4 rings (SSSR count). The number of likely N-dealkylation sites (tertiary alicyclic amines) is 1. The summed E-state index contributed by atoms with van der Waals surface area (Å²) in [5, 5.41) is 0.626. The predicted octanol–water partition coefficient (Wildman–Crippen LogP) is 5.81. The van der Waals surface area contributed by atoms with E-state index >= 15 is 0 Å². The Morgan fingerprint density at radius 1 is 1.12 bits per heavy atom. The van der Waals surface area contributed by atoms with Crippen molar-refractivity contribution in [1.82, 2.24) is 9.88 Å². The van der Waals surface area contributed by atoms with Gasteiger partial charge in [0.05, 0.1) is 18.3 Å². The van der Waals surface area contributed by atoms with E-state index < -0.39 is 0 Å². The molecule has 5 nitrogen and oxygen atoms in total. The van der Waals surface area contributed by atoms with Crippen LogP contribution in [0.5, 0.6) is 5.75 Å². The van der Waals surface area contributed by atoms with E-state index in [4.69, 9.17) is 20.8 Å². The number of oxazole rings is 1. The van der Waals surface area contributed by atoms with E-state index in [9.17, 15) is 4.79 Å². The quantitative estimate of drug-likeness (QED) is 0.433. The molecule has 0 saturated carbocycles. The third-order valence-electron chi connectivity index (χ3n) is 6.21. The van der Waals surface area contributed by atoms with Gasteiger partial charge in [0.2, 0.25) is 5.91 Å². The third-order valence-corrected chi connectivity index (χ3v) is 6.54. The summed E-state index contributed by atoms with van der Waals surface area (Å²) in [6.07, 6.45) is 6.96. The molecule has 0 N–H and O–H groups in total. The van der Waals surface area contributed by atoms with Crippen LogP contribution in [0.3, 0.4) is 0 Å². The van der Waals surface area contributed by atoms with Gasteiger partial charge in [-0.15, -0.1) is 0 Å². The van der Waals surface area contributed by atoms with Crippen LogP contribution in [0, 0.1) is 5.92 Å². The van der Waals surface area contributed by atoms with Gasteiger partial charge in [0.25, 0.3) is 0 Å². The average molecular weight is 453 g/mol. The molecule has 0 bridgehead atoms. The van der Waals surface area contributed by atoms with Crippen LogP contribution in [-0.4, -0.2) is 36.0 Å². The van der Waals surface area contributed by atoms with Crippen LogP contribution in [0.15, 0.2) is 59.1 Å². The first-order chi connectivity index (χ1) is 15.6. The van der Waals surface area contributed by atoms with Gasteiger partial charge in [-0.1, -0.05) is 35.9 Å². The molecule has 168 valence electrons. The Bertz CT molecular complexity index is 1020. The van der Waals surface area contributed by atoms with Gasteiger partial charge in [0.15, 0.2) is 11.7 Å². The molecule has 1 saturated heterocycles. The van der Waals surface area contributed by atoms with E-state index in [0.29, 0.717) is 35.4 Å². The van der Waals surface area contributed by atoms with Crippen molar-refractivity contribution in [3.63, 3.8) is 0 Å². The van der Waals surface area contributed by atoms with Crippen molar-refractivity contribution in [2.45, 2.75) is 38.5 Å². The van der Waals surface area contributed by atoms with Gasteiger partial charge in [-0.25, -0.2) is 4.98 Å². The second kappa shape index (κ2) is 10.7. The molecule has 0 atom stereocenters. The molecule has 32 heavy (non-hydrogen) atoms. The fourth-order valence-electron chi connectivity index (χ4n) is 4.22. The van der Waals surface area contributed by atoms with Crippen molar-refractivity contribution < 1.29 is 13.9 Å². The average Bonchev–Trinajstić information content (AvgIpc) is 3.31. The lowest BCUT2D eigenvalue weighted by atomic mass is 9.90. The summed E-state index contributed by atoms with van der Waals surface area (Å²) in [5.74, 6) is 2.95. The molecule has 0 spiro atoms. The molecular weight excluding hydrogens is 424 g/mol. The van der Waals surface area contributed by atoms with E-state index in [-0.39, 0.29) is 5.91 Å². The molecule has 1 amide bonds. The maximum atomic E-state index is 12.7. The van der Waals surface area contributed by atoms with Crippen LogP contribution in [0.2, 0.25) is 5.02 Å². The fraction of sp³-hybridized carbons (Fsp3) is 0.385. The normalized spacial score (nSPS) is 14.5. The number of aryl methyl sites for hydroxylation is 2. The number of benzene rings is 2. The number of hydrogen-bond donors (Lipinski definition) is 0. The molecular formula is C26H29ClN2O3. The van der Waals surface area contributed by atoms with Gasteiger partial charge < -0.3 is 14.1 Å². The number of carbonyl (C=O) groups excluding carboxylic acids is 1. The smallest absolute Gasteiger partial charge is 0.223 e. The summed E-state index contributed by atoms with van der Waals surface area (Å²) in [6, 6.07) is 15.8. The highest BCUT2D eigenvalue weighted by Gasteiger charge is 2.23. The Hall–Kier alpha value is -2.79. The van der Waals surface area contributed by atoms with Gasteiger partial charge in [-0.05, 0) is 61.4 Å². The number of ether oxygens (including phenoxy) is 1. The van der Waals surface area contributed by atoms with Crippen molar-refractivity contribution in [2.75, 3.05) is 20.2 Å². The first-order valence-electron chi connectivity index (χ1n) is 11.2. The number of aromatic nitrogens is 1. The molecule has 1 aromatic heterocycles. The van der Waals surface area contributed by atoms with Crippen molar-refractivity contribution >= 4 is 17.5 Å². The molecule has 1 fully saturated rings. The molecule has 0 radical (unpaired) electrons. The van der Waals surface area contributed by atoms with Crippen LogP contribution in [0.1, 0.15) is 37.1 Å². The lowest BCUT2D eigenvalue weighted by Crippen LogP contribution is -2.38. The van der Waals surface area contributed by atoms with E-state index in [1.807, 2.05) is 41.3 Å². The lowest BCUT2D eigenvalue weighted by Gasteiger charge is -2.32. The monoisotopic (exact) mass is 452 g/mol. The van der Waals surface area contributed by atoms with Gasteiger partial charge in [0, 0.05) is 31.5 Å². The van der Waals surface area contributed by atoms with Gasteiger partial charge in [-0.2, -0.15) is 0 Å². The molecule has 3 aromatic rings. The lowest BCUT2D eigenvalue weighted by molar-refractivity contribution is -0.132. The van der Waals surface area contributed by atoms with E-state index in [2.05, 4.69) is 17.1 Å². The number of carbonyl (C=O) groups is 1. The molecule has 6 heteroatoms. The summed E-state index contributed by atoms with van der Waals surface area (Å²) in [5.41, 5.74) is 2.15. The summed E-state index contributed by atoms with van der Waals surface area (Å²) >= 11 is 6.22. The zero-order chi connectivity index (χ0) is 22.3. The number of rotatable bonds is 8. The van der Waals surface area contributed by atoms with Crippen LogP contribution >= 0.6 is 11.6 Å². The van der Waals surface area contributed by atoms with Gasteiger partial charge in [0.1, 0.15) is 5.75 Å². The summed E-state index contributed by atoms with van der Waals surface area (Å²) in [6.45, 7) is 1.67. The maximum absolute atomic E-state index is 12.7. The van der Waals surface area contributed by atoms with Crippen molar-refractivity contribution in [3.05, 3.63) is 71.2 Å².